The molecule has 1 N–H and O–H groups in total. The van der Waals surface area contributed by atoms with Gasteiger partial charge in [-0.15, -0.1) is 11.6 Å². The molecule has 0 aliphatic heterocycles. The zero-order valence-electron chi connectivity index (χ0n) is 8.14. The van der Waals surface area contributed by atoms with Crippen LogP contribution in [0, 0.1) is 0 Å². The molecular weight excluding hydrogens is 243 g/mol. The number of alkyl halides is 4. The summed E-state index contributed by atoms with van der Waals surface area (Å²) in [5.74, 6) is -1.54. The van der Waals surface area contributed by atoms with Crippen LogP contribution >= 0.6 is 11.6 Å². The van der Waals surface area contributed by atoms with E-state index in [0.29, 0.717) is 12.3 Å². The van der Waals surface area contributed by atoms with Crippen molar-refractivity contribution < 1.29 is 18.0 Å². The molecule has 0 radical (unpaired) electrons. The van der Waals surface area contributed by atoms with Gasteiger partial charge in [0.2, 0.25) is 0 Å². The molecule has 0 aromatic heterocycles. The van der Waals surface area contributed by atoms with Crippen LogP contribution in [-0.4, -0.2) is 18.0 Å². The van der Waals surface area contributed by atoms with Crippen molar-refractivity contribution in [2.24, 2.45) is 0 Å². The van der Waals surface area contributed by atoms with Crippen molar-refractivity contribution in [3.05, 3.63) is 29.8 Å². The predicted octanol–water partition coefficient (Wildman–Crippen LogP) is 2.97. The maximum Gasteiger partial charge on any atom is 0.471 e. The van der Waals surface area contributed by atoms with Crippen LogP contribution in [0.2, 0.25) is 0 Å². The molecule has 0 unspecified atom stereocenters. The fourth-order valence-electron chi connectivity index (χ4n) is 1.07. The topological polar surface area (TPSA) is 29.1 Å². The third-order valence-electron chi connectivity index (χ3n) is 1.85. The first-order valence-electron chi connectivity index (χ1n) is 4.46. The van der Waals surface area contributed by atoms with Crippen molar-refractivity contribution in [3.8, 4) is 0 Å². The Bertz CT molecular complexity index is 361. The number of hydrogen-bond acceptors (Lipinski definition) is 1. The Labute approximate surface area is 95.4 Å². The van der Waals surface area contributed by atoms with E-state index in [0.717, 1.165) is 5.56 Å². The summed E-state index contributed by atoms with van der Waals surface area (Å²) in [4.78, 5) is 10.6. The van der Waals surface area contributed by atoms with Crippen molar-refractivity contribution in [1.29, 1.82) is 0 Å². The summed E-state index contributed by atoms with van der Waals surface area (Å²) in [7, 11) is 0. The maximum absolute atomic E-state index is 11.9. The number of hydrogen-bond donors (Lipinski definition) is 1. The summed E-state index contributed by atoms with van der Waals surface area (Å²) in [6.07, 6.45) is -4.23. The van der Waals surface area contributed by atoms with Crippen LogP contribution < -0.4 is 5.32 Å². The number of carbonyl (C=O) groups is 1. The van der Waals surface area contributed by atoms with Crippen molar-refractivity contribution in [2.75, 3.05) is 11.2 Å². The summed E-state index contributed by atoms with van der Waals surface area (Å²) in [6, 6.07) is 6.06. The highest BCUT2D eigenvalue weighted by atomic mass is 35.5. The fraction of sp³-hybridized carbons (Fsp3) is 0.300. The fourth-order valence-corrected chi connectivity index (χ4v) is 1.28. The third-order valence-corrected chi connectivity index (χ3v) is 2.04. The van der Waals surface area contributed by atoms with Gasteiger partial charge in [-0.1, -0.05) is 12.1 Å². The van der Waals surface area contributed by atoms with Gasteiger partial charge in [0, 0.05) is 11.6 Å². The summed E-state index contributed by atoms with van der Waals surface area (Å²) in [5, 5.41) is 1.75. The summed E-state index contributed by atoms with van der Waals surface area (Å²) in [5.41, 5.74) is 1.01. The minimum absolute atomic E-state index is 0.112. The van der Waals surface area contributed by atoms with Gasteiger partial charge < -0.3 is 5.32 Å². The average Bonchev–Trinajstić information content (AvgIpc) is 2.20. The molecule has 0 aliphatic carbocycles. The number of nitrogens with one attached hydrogen (secondary N) is 1. The molecule has 1 aromatic rings. The normalized spacial score (nSPS) is 11.2. The van der Waals surface area contributed by atoms with Crippen molar-refractivity contribution >= 4 is 23.2 Å². The van der Waals surface area contributed by atoms with Gasteiger partial charge in [0.25, 0.3) is 0 Å². The Morgan fingerprint density at radius 2 is 1.81 bits per heavy atom. The van der Waals surface area contributed by atoms with Gasteiger partial charge in [-0.3, -0.25) is 4.79 Å². The first kappa shape index (κ1) is 12.8. The second kappa shape index (κ2) is 5.21. The van der Waals surface area contributed by atoms with Gasteiger partial charge in [0.1, 0.15) is 0 Å². The van der Waals surface area contributed by atoms with Crippen LogP contribution in [0.15, 0.2) is 24.3 Å². The SMILES string of the molecule is O=C(Nc1ccc(CCCl)cc1)C(F)(F)F. The van der Waals surface area contributed by atoms with E-state index in [9.17, 15) is 18.0 Å². The lowest BCUT2D eigenvalue weighted by Gasteiger charge is -2.08. The van der Waals surface area contributed by atoms with Crippen LogP contribution in [0.4, 0.5) is 18.9 Å². The van der Waals surface area contributed by atoms with Gasteiger partial charge in [-0.25, -0.2) is 0 Å². The second-order valence-corrected chi connectivity index (χ2v) is 3.47. The standard InChI is InChI=1S/C10H9ClF3NO/c11-6-5-7-1-3-8(4-2-7)15-9(16)10(12,13)14/h1-4H,5-6H2,(H,15,16). The minimum atomic E-state index is -4.87. The average molecular weight is 252 g/mol. The van der Waals surface area contributed by atoms with Crippen molar-refractivity contribution in [2.45, 2.75) is 12.6 Å². The molecule has 0 saturated heterocycles. The highest BCUT2D eigenvalue weighted by Crippen LogP contribution is 2.18. The first-order valence-corrected chi connectivity index (χ1v) is 5.00. The number of carbonyl (C=O) groups excluding carboxylic acids is 1. The molecule has 0 aliphatic rings. The van der Waals surface area contributed by atoms with E-state index in [1.165, 1.54) is 12.1 Å². The Balaban J connectivity index is 2.65. The van der Waals surface area contributed by atoms with E-state index >= 15 is 0 Å². The number of aryl methyl sites for hydroxylation is 1. The lowest BCUT2D eigenvalue weighted by Crippen LogP contribution is -2.29. The molecule has 16 heavy (non-hydrogen) atoms. The summed E-state index contributed by atoms with van der Waals surface area (Å²) in [6.45, 7) is 0. The molecule has 88 valence electrons. The molecule has 1 aromatic carbocycles. The molecule has 2 nitrogen and oxygen atoms in total. The Hall–Kier alpha value is -1.23. The predicted molar refractivity (Wildman–Crippen MR) is 55.6 cm³/mol. The quantitative estimate of drug-likeness (QED) is 0.822. The lowest BCUT2D eigenvalue weighted by molar-refractivity contribution is -0.167. The number of amides is 1. The maximum atomic E-state index is 11.9. The number of halogens is 4. The minimum Gasteiger partial charge on any atom is -0.318 e. The van der Waals surface area contributed by atoms with E-state index in [1.807, 2.05) is 0 Å². The zero-order valence-corrected chi connectivity index (χ0v) is 8.90. The smallest absolute Gasteiger partial charge is 0.318 e. The molecular formula is C10H9ClF3NO. The van der Waals surface area contributed by atoms with Gasteiger partial charge >= 0.3 is 12.1 Å². The highest BCUT2D eigenvalue weighted by Gasteiger charge is 2.38. The van der Waals surface area contributed by atoms with Crippen LogP contribution in [-0.2, 0) is 11.2 Å². The van der Waals surface area contributed by atoms with E-state index < -0.39 is 12.1 Å². The molecule has 0 heterocycles. The van der Waals surface area contributed by atoms with Gasteiger partial charge in [-0.05, 0) is 24.1 Å². The Morgan fingerprint density at radius 1 is 1.25 bits per heavy atom. The second-order valence-electron chi connectivity index (χ2n) is 3.09. The Kier molecular flexibility index (Phi) is 4.18. The van der Waals surface area contributed by atoms with Crippen LogP contribution in [0.5, 0.6) is 0 Å². The molecule has 0 bridgehead atoms. The number of rotatable bonds is 3. The van der Waals surface area contributed by atoms with Gasteiger partial charge in [-0.2, -0.15) is 13.2 Å². The first-order chi connectivity index (χ1) is 7.43. The van der Waals surface area contributed by atoms with E-state index in [2.05, 4.69) is 0 Å². The summed E-state index contributed by atoms with van der Waals surface area (Å²) >= 11 is 5.50. The van der Waals surface area contributed by atoms with Crippen LogP contribution in [0.3, 0.4) is 0 Å². The number of benzene rings is 1. The molecule has 0 saturated carbocycles. The van der Waals surface area contributed by atoms with Crippen LogP contribution in [0.25, 0.3) is 0 Å². The third kappa shape index (κ3) is 3.73. The summed E-state index contributed by atoms with van der Waals surface area (Å²) < 4.78 is 35.7. The molecule has 6 heteroatoms. The molecule has 1 amide bonds. The van der Waals surface area contributed by atoms with Crippen molar-refractivity contribution in [1.82, 2.24) is 0 Å². The number of anilines is 1. The zero-order chi connectivity index (χ0) is 12.2. The molecule has 0 fully saturated rings. The van der Waals surface area contributed by atoms with Crippen LogP contribution in [0.1, 0.15) is 5.56 Å². The largest absolute Gasteiger partial charge is 0.471 e. The van der Waals surface area contributed by atoms with E-state index in [1.54, 1.807) is 17.4 Å². The monoisotopic (exact) mass is 251 g/mol. The highest BCUT2D eigenvalue weighted by molar-refractivity contribution is 6.17. The lowest BCUT2D eigenvalue weighted by atomic mass is 10.1. The van der Waals surface area contributed by atoms with E-state index in [4.69, 9.17) is 11.6 Å². The molecule has 1 rings (SSSR count). The van der Waals surface area contributed by atoms with Crippen molar-refractivity contribution in [3.63, 3.8) is 0 Å². The molecule has 0 spiro atoms. The van der Waals surface area contributed by atoms with Gasteiger partial charge in [0.15, 0.2) is 0 Å². The Morgan fingerprint density at radius 3 is 2.25 bits per heavy atom. The van der Waals surface area contributed by atoms with Gasteiger partial charge in [0.05, 0.1) is 0 Å². The van der Waals surface area contributed by atoms with E-state index in [-0.39, 0.29) is 5.69 Å². The molecule has 0 atom stereocenters.